The van der Waals surface area contributed by atoms with Crippen molar-refractivity contribution in [3.8, 4) is 11.5 Å². The molecular formula is C27H27N3OSi. The molecule has 0 saturated heterocycles. The first kappa shape index (κ1) is 21.8. The van der Waals surface area contributed by atoms with Crippen molar-refractivity contribution in [2.75, 3.05) is 0 Å². The third kappa shape index (κ3) is 4.29. The Labute approximate surface area is 190 Å². The van der Waals surface area contributed by atoms with E-state index in [4.69, 9.17) is 5.10 Å². The van der Waals surface area contributed by atoms with E-state index in [0.29, 0.717) is 5.82 Å². The van der Waals surface area contributed by atoms with Crippen LogP contribution in [0, 0.1) is 11.5 Å². The Bertz CT molecular complexity index is 1120. The number of aliphatic hydroxyl groups excluding tert-OH is 1. The highest BCUT2D eigenvalue weighted by molar-refractivity contribution is 6.83. The van der Waals surface area contributed by atoms with E-state index in [1.54, 1.807) is 6.33 Å². The molecule has 3 aromatic carbocycles. The third-order valence-electron chi connectivity index (χ3n) is 5.26. The van der Waals surface area contributed by atoms with Gasteiger partial charge in [0.05, 0.1) is 0 Å². The van der Waals surface area contributed by atoms with E-state index < -0.39 is 19.7 Å². The smallest absolute Gasteiger partial charge is 0.191 e. The van der Waals surface area contributed by atoms with Crippen molar-refractivity contribution >= 4 is 8.07 Å². The predicted octanol–water partition coefficient (Wildman–Crippen LogP) is 5.03. The first-order chi connectivity index (χ1) is 15.4. The lowest BCUT2D eigenvalue weighted by Gasteiger charge is -2.35. The summed E-state index contributed by atoms with van der Waals surface area (Å²) in [6.45, 7) is 6.43. The van der Waals surface area contributed by atoms with Crippen LogP contribution in [0.4, 0.5) is 0 Å². The highest BCUT2D eigenvalue weighted by Crippen LogP contribution is 2.40. The molecule has 4 nitrogen and oxygen atoms in total. The molecule has 0 saturated carbocycles. The summed E-state index contributed by atoms with van der Waals surface area (Å²) in [4.78, 5) is 4.47. The summed E-state index contributed by atoms with van der Waals surface area (Å²) in [5.74, 6) is 3.26. The molecule has 32 heavy (non-hydrogen) atoms. The van der Waals surface area contributed by atoms with E-state index in [9.17, 15) is 5.11 Å². The van der Waals surface area contributed by atoms with Crippen LogP contribution in [0.25, 0.3) is 0 Å². The quantitative estimate of drug-likeness (QED) is 0.271. The van der Waals surface area contributed by atoms with Crippen molar-refractivity contribution in [3.63, 3.8) is 0 Å². The first-order valence-electron chi connectivity index (χ1n) is 10.7. The highest BCUT2D eigenvalue weighted by Gasteiger charge is 2.39. The molecule has 0 fully saturated rings. The topological polar surface area (TPSA) is 50.9 Å². The second-order valence-corrected chi connectivity index (χ2v) is 13.5. The SMILES string of the molecule is C[Si](C)(C)C#CC(O)c1ncn(C(c2ccccc2)(c2ccccc2)c2ccccc2)n1. The van der Waals surface area contributed by atoms with Gasteiger partial charge in [-0.15, -0.1) is 5.54 Å². The van der Waals surface area contributed by atoms with Crippen LogP contribution >= 0.6 is 0 Å². The van der Waals surface area contributed by atoms with Gasteiger partial charge in [0.15, 0.2) is 11.9 Å². The van der Waals surface area contributed by atoms with Gasteiger partial charge in [-0.1, -0.05) is 117 Å². The molecule has 0 aliphatic heterocycles. The standard InChI is InChI=1S/C27H27N3OSi/c1-32(2,3)20-19-25(31)26-28-21-30(29-26)27(22-13-7-4-8-14-22,23-15-9-5-10-16-23)24-17-11-6-12-18-24/h4-18,21,25,31H,1-3H3. The molecule has 1 aromatic heterocycles. The molecule has 0 spiro atoms. The van der Waals surface area contributed by atoms with Crippen LogP contribution in [0.1, 0.15) is 28.6 Å². The second kappa shape index (κ2) is 8.95. The minimum absolute atomic E-state index is 0.308. The van der Waals surface area contributed by atoms with E-state index >= 15 is 0 Å². The van der Waals surface area contributed by atoms with Gasteiger partial charge in [0.2, 0.25) is 0 Å². The number of benzene rings is 3. The van der Waals surface area contributed by atoms with E-state index in [1.165, 1.54) is 0 Å². The fraction of sp³-hybridized carbons (Fsp3) is 0.185. The lowest BCUT2D eigenvalue weighted by atomic mass is 9.77. The fourth-order valence-corrected chi connectivity index (χ4v) is 4.42. The maximum Gasteiger partial charge on any atom is 0.191 e. The van der Waals surface area contributed by atoms with Gasteiger partial charge in [0.25, 0.3) is 0 Å². The average Bonchev–Trinajstić information content (AvgIpc) is 3.30. The zero-order valence-corrected chi connectivity index (χ0v) is 19.6. The maximum atomic E-state index is 10.7. The minimum Gasteiger partial charge on any atom is -0.373 e. The normalized spacial score (nSPS) is 12.6. The summed E-state index contributed by atoms with van der Waals surface area (Å²) in [6, 6.07) is 30.8. The van der Waals surface area contributed by atoms with Crippen LogP contribution < -0.4 is 0 Å². The monoisotopic (exact) mass is 437 g/mol. The molecule has 0 aliphatic carbocycles. The molecule has 4 rings (SSSR count). The van der Waals surface area contributed by atoms with Crippen molar-refractivity contribution in [1.29, 1.82) is 0 Å². The Balaban J connectivity index is 1.95. The van der Waals surface area contributed by atoms with Crippen LogP contribution in [0.15, 0.2) is 97.3 Å². The van der Waals surface area contributed by atoms with Crippen LogP contribution in [-0.2, 0) is 5.54 Å². The van der Waals surface area contributed by atoms with Crippen LogP contribution in [0.5, 0.6) is 0 Å². The van der Waals surface area contributed by atoms with Gasteiger partial charge in [0, 0.05) is 0 Å². The van der Waals surface area contributed by atoms with Crippen molar-refractivity contribution < 1.29 is 5.11 Å². The number of hydrogen-bond acceptors (Lipinski definition) is 3. The Morgan fingerprint density at radius 2 is 1.22 bits per heavy atom. The largest absolute Gasteiger partial charge is 0.373 e. The Morgan fingerprint density at radius 3 is 1.62 bits per heavy atom. The van der Waals surface area contributed by atoms with Crippen molar-refractivity contribution in [2.24, 2.45) is 0 Å². The zero-order chi connectivity index (χ0) is 22.6. The number of rotatable bonds is 5. The Kier molecular flexibility index (Phi) is 6.09. The molecule has 1 N–H and O–H groups in total. The highest BCUT2D eigenvalue weighted by atomic mass is 28.3. The van der Waals surface area contributed by atoms with Crippen molar-refractivity contribution in [2.45, 2.75) is 31.3 Å². The zero-order valence-electron chi connectivity index (χ0n) is 18.6. The van der Waals surface area contributed by atoms with Crippen molar-refractivity contribution in [3.05, 3.63) is 120 Å². The van der Waals surface area contributed by atoms with Crippen LogP contribution in [-0.4, -0.2) is 27.9 Å². The van der Waals surface area contributed by atoms with Gasteiger partial charge >= 0.3 is 0 Å². The van der Waals surface area contributed by atoms with Gasteiger partial charge < -0.3 is 5.11 Å². The summed E-state index contributed by atoms with van der Waals surface area (Å²) in [7, 11) is -1.62. The van der Waals surface area contributed by atoms with E-state index in [2.05, 4.69) is 72.5 Å². The third-order valence-corrected chi connectivity index (χ3v) is 6.15. The van der Waals surface area contributed by atoms with Crippen LogP contribution in [0.2, 0.25) is 19.6 Å². The molecule has 1 heterocycles. The molecule has 1 atom stereocenters. The molecule has 0 aliphatic rings. The molecule has 4 aromatic rings. The lowest BCUT2D eigenvalue weighted by Crippen LogP contribution is -2.38. The Hall–Kier alpha value is -3.46. The van der Waals surface area contributed by atoms with Gasteiger partial charge in [-0.3, -0.25) is 0 Å². The summed E-state index contributed by atoms with van der Waals surface area (Å²) in [5, 5.41) is 15.5. The average molecular weight is 438 g/mol. The van der Waals surface area contributed by atoms with E-state index in [1.807, 2.05) is 59.3 Å². The summed E-state index contributed by atoms with van der Waals surface area (Å²) in [5.41, 5.74) is 5.62. The predicted molar refractivity (Wildman–Crippen MR) is 131 cm³/mol. The number of aromatic nitrogens is 3. The molecular weight excluding hydrogens is 410 g/mol. The fourth-order valence-electron chi connectivity index (χ4n) is 3.85. The second-order valence-electron chi connectivity index (χ2n) is 8.78. The molecule has 160 valence electrons. The first-order valence-corrected chi connectivity index (χ1v) is 14.2. The summed E-state index contributed by atoms with van der Waals surface area (Å²) in [6.07, 6.45) is 0.671. The number of hydrogen-bond donors (Lipinski definition) is 1. The summed E-state index contributed by atoms with van der Waals surface area (Å²) < 4.78 is 1.85. The van der Waals surface area contributed by atoms with E-state index in [0.717, 1.165) is 16.7 Å². The van der Waals surface area contributed by atoms with Gasteiger partial charge in [-0.2, -0.15) is 5.10 Å². The molecule has 0 bridgehead atoms. The molecule has 0 radical (unpaired) electrons. The number of aliphatic hydroxyl groups is 1. The van der Waals surface area contributed by atoms with Gasteiger partial charge in [-0.25, -0.2) is 9.67 Å². The van der Waals surface area contributed by atoms with Gasteiger partial charge in [-0.05, 0) is 16.7 Å². The number of nitrogens with zero attached hydrogens (tertiary/aromatic N) is 3. The van der Waals surface area contributed by atoms with Crippen molar-refractivity contribution in [1.82, 2.24) is 14.8 Å². The molecule has 5 heteroatoms. The van der Waals surface area contributed by atoms with Gasteiger partial charge in [0.1, 0.15) is 19.9 Å². The Morgan fingerprint density at radius 1 is 0.781 bits per heavy atom. The minimum atomic E-state index is -1.62. The van der Waals surface area contributed by atoms with Crippen LogP contribution in [0.3, 0.4) is 0 Å². The molecule has 1 unspecified atom stereocenters. The lowest BCUT2D eigenvalue weighted by molar-refractivity contribution is 0.226. The summed E-state index contributed by atoms with van der Waals surface area (Å²) >= 11 is 0. The maximum absolute atomic E-state index is 10.7. The van der Waals surface area contributed by atoms with E-state index in [-0.39, 0.29) is 0 Å². The molecule has 0 amide bonds.